The Hall–Kier alpha value is -4.30. The van der Waals surface area contributed by atoms with E-state index in [0.717, 1.165) is 27.9 Å². The van der Waals surface area contributed by atoms with Crippen molar-refractivity contribution < 1.29 is 23.8 Å². The van der Waals surface area contributed by atoms with Gasteiger partial charge in [-0.3, -0.25) is 14.7 Å². The van der Waals surface area contributed by atoms with Gasteiger partial charge >= 0.3 is 11.9 Å². The van der Waals surface area contributed by atoms with Crippen LogP contribution in [0.25, 0.3) is 22.4 Å². The standard InChI is InChI=1S/C27H24ClN3O5/c1-34-26(32)23(27(33)35-2)17-10-12-21(13-11-17)36-15-16-6-8-18(9-7-16)24-22(25(29)31-30-24)19-4-3-5-20(28)14-19/h3-14,23H,15H2,1-2H3,(H3,29,30,31). The van der Waals surface area contributed by atoms with Gasteiger partial charge in [-0.15, -0.1) is 0 Å². The highest BCUT2D eigenvalue weighted by Crippen LogP contribution is 2.35. The molecule has 36 heavy (non-hydrogen) atoms. The van der Waals surface area contributed by atoms with Crippen molar-refractivity contribution in [3.8, 4) is 28.1 Å². The fourth-order valence-electron chi connectivity index (χ4n) is 3.80. The SMILES string of the molecule is COC(=O)C(C(=O)OC)c1ccc(OCc2ccc(-c3[nH]nc(N)c3-c3cccc(Cl)c3)cc2)cc1. The van der Waals surface area contributed by atoms with E-state index < -0.39 is 17.9 Å². The van der Waals surface area contributed by atoms with E-state index in [0.29, 0.717) is 28.8 Å². The second-order valence-corrected chi connectivity index (χ2v) is 8.34. The largest absolute Gasteiger partial charge is 0.489 e. The molecule has 3 N–H and O–H groups in total. The van der Waals surface area contributed by atoms with Gasteiger partial charge in [0.2, 0.25) is 0 Å². The molecule has 0 aliphatic heterocycles. The number of anilines is 1. The summed E-state index contributed by atoms with van der Waals surface area (Å²) in [6.45, 7) is 0.323. The molecule has 0 aliphatic rings. The minimum atomic E-state index is -1.14. The summed E-state index contributed by atoms with van der Waals surface area (Å²) in [4.78, 5) is 24.0. The van der Waals surface area contributed by atoms with Gasteiger partial charge in [0.1, 0.15) is 12.4 Å². The van der Waals surface area contributed by atoms with E-state index in [1.807, 2.05) is 42.5 Å². The predicted molar refractivity (Wildman–Crippen MR) is 136 cm³/mol. The normalized spacial score (nSPS) is 10.8. The van der Waals surface area contributed by atoms with Crippen LogP contribution in [0.15, 0.2) is 72.8 Å². The van der Waals surface area contributed by atoms with Crippen LogP contribution in [0.3, 0.4) is 0 Å². The molecule has 0 unspecified atom stereocenters. The van der Waals surface area contributed by atoms with Crippen molar-refractivity contribution >= 4 is 29.4 Å². The first-order valence-corrected chi connectivity index (χ1v) is 11.4. The number of aromatic nitrogens is 2. The zero-order valence-electron chi connectivity index (χ0n) is 19.7. The number of nitrogens with one attached hydrogen (secondary N) is 1. The first-order chi connectivity index (χ1) is 17.4. The molecule has 184 valence electrons. The van der Waals surface area contributed by atoms with E-state index in [4.69, 9.17) is 31.5 Å². The third-order valence-corrected chi connectivity index (χ3v) is 5.88. The van der Waals surface area contributed by atoms with Crippen LogP contribution in [0.5, 0.6) is 5.75 Å². The molecule has 4 aromatic rings. The van der Waals surface area contributed by atoms with Gasteiger partial charge in [0.05, 0.1) is 25.5 Å². The molecular weight excluding hydrogens is 482 g/mol. The Bertz CT molecular complexity index is 1350. The number of methoxy groups -OCH3 is 2. The lowest BCUT2D eigenvalue weighted by molar-refractivity contribution is -0.154. The van der Waals surface area contributed by atoms with Crippen molar-refractivity contribution in [1.82, 2.24) is 10.2 Å². The molecule has 1 aromatic heterocycles. The summed E-state index contributed by atoms with van der Waals surface area (Å²) in [7, 11) is 2.45. The number of rotatable bonds is 8. The Morgan fingerprint density at radius 2 is 1.61 bits per heavy atom. The molecule has 8 nitrogen and oxygen atoms in total. The third kappa shape index (κ3) is 5.34. The quantitative estimate of drug-likeness (QED) is 0.256. The van der Waals surface area contributed by atoms with Gasteiger partial charge in [-0.25, -0.2) is 0 Å². The maximum absolute atomic E-state index is 12.0. The van der Waals surface area contributed by atoms with Crippen molar-refractivity contribution in [2.75, 3.05) is 20.0 Å². The molecule has 0 saturated heterocycles. The molecular formula is C27H24ClN3O5. The van der Waals surface area contributed by atoms with Gasteiger partial charge in [-0.05, 0) is 41.0 Å². The highest BCUT2D eigenvalue weighted by Gasteiger charge is 2.30. The van der Waals surface area contributed by atoms with E-state index in [-0.39, 0.29) is 0 Å². The number of nitrogen functional groups attached to an aromatic ring is 1. The first kappa shape index (κ1) is 24.8. The Morgan fingerprint density at radius 1 is 0.944 bits per heavy atom. The summed E-state index contributed by atoms with van der Waals surface area (Å²) in [6.07, 6.45) is 0. The first-order valence-electron chi connectivity index (χ1n) is 11.0. The van der Waals surface area contributed by atoms with Gasteiger partial charge in [0.15, 0.2) is 11.7 Å². The van der Waals surface area contributed by atoms with Crippen molar-refractivity contribution in [3.05, 3.63) is 88.9 Å². The van der Waals surface area contributed by atoms with Crippen molar-refractivity contribution in [1.29, 1.82) is 0 Å². The number of esters is 2. The van der Waals surface area contributed by atoms with E-state index in [2.05, 4.69) is 10.2 Å². The van der Waals surface area contributed by atoms with Crippen molar-refractivity contribution in [3.63, 3.8) is 0 Å². The van der Waals surface area contributed by atoms with Gasteiger partial charge < -0.3 is 19.9 Å². The Balaban J connectivity index is 1.46. The lowest BCUT2D eigenvalue weighted by Gasteiger charge is -2.13. The van der Waals surface area contributed by atoms with Gasteiger partial charge in [-0.1, -0.05) is 60.1 Å². The van der Waals surface area contributed by atoms with E-state index in [1.54, 1.807) is 30.3 Å². The van der Waals surface area contributed by atoms with Crippen LogP contribution in [0.2, 0.25) is 5.02 Å². The van der Waals surface area contributed by atoms with Crippen LogP contribution < -0.4 is 10.5 Å². The number of ether oxygens (including phenoxy) is 3. The van der Waals surface area contributed by atoms with Gasteiger partial charge in [0.25, 0.3) is 0 Å². The number of benzene rings is 3. The number of carbonyl (C=O) groups is 2. The molecule has 0 bridgehead atoms. The molecule has 0 amide bonds. The number of nitrogens with two attached hydrogens (primary N) is 1. The smallest absolute Gasteiger partial charge is 0.324 e. The van der Waals surface area contributed by atoms with Gasteiger partial charge in [-0.2, -0.15) is 5.10 Å². The highest BCUT2D eigenvalue weighted by atomic mass is 35.5. The number of hydrogen-bond donors (Lipinski definition) is 2. The van der Waals surface area contributed by atoms with Crippen LogP contribution >= 0.6 is 11.6 Å². The molecule has 0 aliphatic carbocycles. The zero-order chi connectivity index (χ0) is 25.7. The second kappa shape index (κ2) is 11.0. The monoisotopic (exact) mass is 505 g/mol. The summed E-state index contributed by atoms with van der Waals surface area (Å²) >= 11 is 6.16. The number of H-pyrrole nitrogens is 1. The third-order valence-electron chi connectivity index (χ3n) is 5.64. The Morgan fingerprint density at radius 3 is 2.22 bits per heavy atom. The minimum absolute atomic E-state index is 0.323. The lowest BCUT2D eigenvalue weighted by Crippen LogP contribution is -2.24. The Labute approximate surface area is 212 Å². The van der Waals surface area contributed by atoms with E-state index >= 15 is 0 Å². The summed E-state index contributed by atoms with van der Waals surface area (Å²) in [5.74, 6) is -1.54. The maximum atomic E-state index is 12.0. The predicted octanol–water partition coefficient (Wildman–Crippen LogP) is 4.99. The fraction of sp³-hybridized carbons (Fsp3) is 0.148. The number of nitrogens with zero attached hydrogens (tertiary/aromatic N) is 1. The van der Waals surface area contributed by atoms with Crippen molar-refractivity contribution in [2.45, 2.75) is 12.5 Å². The van der Waals surface area contributed by atoms with Crippen LogP contribution in [0, 0.1) is 0 Å². The number of halogens is 1. The molecule has 0 fully saturated rings. The van der Waals surface area contributed by atoms with Crippen LogP contribution in [0.1, 0.15) is 17.0 Å². The highest BCUT2D eigenvalue weighted by molar-refractivity contribution is 6.30. The lowest BCUT2D eigenvalue weighted by atomic mass is 9.99. The summed E-state index contributed by atoms with van der Waals surface area (Å²) in [5.41, 5.74) is 10.9. The molecule has 0 saturated carbocycles. The Kier molecular flexibility index (Phi) is 7.56. The minimum Gasteiger partial charge on any atom is -0.489 e. The molecule has 1 heterocycles. The average molecular weight is 506 g/mol. The summed E-state index contributed by atoms with van der Waals surface area (Å²) in [5, 5.41) is 7.80. The molecule has 9 heteroatoms. The molecule has 0 atom stereocenters. The van der Waals surface area contributed by atoms with E-state index in [1.165, 1.54) is 14.2 Å². The van der Waals surface area contributed by atoms with Crippen LogP contribution in [-0.4, -0.2) is 36.4 Å². The molecule has 4 rings (SSSR count). The number of carbonyl (C=O) groups excluding carboxylic acids is 2. The van der Waals surface area contributed by atoms with Crippen molar-refractivity contribution in [2.24, 2.45) is 0 Å². The molecule has 0 radical (unpaired) electrons. The summed E-state index contributed by atoms with van der Waals surface area (Å²) in [6, 6.07) is 21.9. The second-order valence-electron chi connectivity index (χ2n) is 7.90. The topological polar surface area (TPSA) is 117 Å². The average Bonchev–Trinajstić information content (AvgIpc) is 3.29. The van der Waals surface area contributed by atoms with Crippen LogP contribution in [0.4, 0.5) is 5.82 Å². The zero-order valence-corrected chi connectivity index (χ0v) is 20.4. The summed E-state index contributed by atoms with van der Waals surface area (Å²) < 4.78 is 15.3. The number of hydrogen-bond acceptors (Lipinski definition) is 7. The van der Waals surface area contributed by atoms with E-state index in [9.17, 15) is 9.59 Å². The van der Waals surface area contributed by atoms with Gasteiger partial charge in [0, 0.05) is 10.6 Å². The van der Waals surface area contributed by atoms with Crippen LogP contribution in [-0.2, 0) is 25.7 Å². The maximum Gasteiger partial charge on any atom is 0.324 e. The number of aromatic amines is 1. The molecule has 0 spiro atoms. The molecule has 3 aromatic carbocycles. The fourth-order valence-corrected chi connectivity index (χ4v) is 3.99.